The zero-order valence-electron chi connectivity index (χ0n) is 18.4. The molecule has 1 aliphatic carbocycles. The Hall–Kier alpha value is -2.08. The maximum Gasteiger partial charge on any atom is 0.230 e. The fourth-order valence-corrected chi connectivity index (χ4v) is 5.27. The molecule has 3 aliphatic rings. The minimum atomic E-state index is 0. The van der Waals surface area contributed by atoms with Crippen molar-refractivity contribution >= 4 is 24.0 Å². The van der Waals surface area contributed by atoms with E-state index in [0.29, 0.717) is 18.0 Å². The minimum Gasteiger partial charge on any atom is -0.496 e. The average Bonchev–Trinajstić information content (AvgIpc) is 3.58. The second kappa shape index (κ2) is 8.81. The lowest BCUT2D eigenvalue weighted by molar-refractivity contribution is -0.119. The largest absolute Gasteiger partial charge is 0.496 e. The maximum absolute atomic E-state index is 12.5. The van der Waals surface area contributed by atoms with Gasteiger partial charge in [0.05, 0.1) is 7.11 Å². The van der Waals surface area contributed by atoms with E-state index in [1.165, 1.54) is 11.1 Å². The van der Waals surface area contributed by atoms with Crippen molar-refractivity contribution in [2.24, 2.45) is 5.92 Å². The van der Waals surface area contributed by atoms with E-state index in [0.717, 1.165) is 42.8 Å². The number of ether oxygens (including phenoxy) is 1. The molecule has 0 spiro atoms. The van der Waals surface area contributed by atoms with Gasteiger partial charge in [-0.05, 0) is 55.4 Å². The summed E-state index contributed by atoms with van der Waals surface area (Å²) in [5, 5.41) is 7.57. The van der Waals surface area contributed by atoms with E-state index in [1.807, 2.05) is 11.9 Å². The molecule has 1 amide bonds. The predicted molar refractivity (Wildman–Crippen MR) is 126 cm³/mol. The van der Waals surface area contributed by atoms with Crippen LogP contribution in [0.5, 0.6) is 5.75 Å². The van der Waals surface area contributed by atoms with Crippen LogP contribution in [0.1, 0.15) is 54.8 Å². The van der Waals surface area contributed by atoms with Crippen LogP contribution in [0.15, 0.2) is 42.5 Å². The topological polar surface area (TPSA) is 53.6 Å². The fourth-order valence-electron chi connectivity index (χ4n) is 5.27. The molecule has 2 aromatic carbocycles. The van der Waals surface area contributed by atoms with Gasteiger partial charge in [-0.2, -0.15) is 0 Å². The number of fused-ring (bicyclic) bond motifs is 3. The van der Waals surface area contributed by atoms with Gasteiger partial charge >= 0.3 is 0 Å². The normalized spacial score (nSPS) is 28.9. The molecule has 0 radical (unpaired) electrons. The predicted octanol–water partition coefficient (Wildman–Crippen LogP) is 4.17. The Bertz CT molecular complexity index is 951. The lowest BCUT2D eigenvalue weighted by atomic mass is 9.89. The zero-order chi connectivity index (χ0) is 20.8. The molecule has 2 aliphatic heterocycles. The second-order valence-corrected chi connectivity index (χ2v) is 9.09. The molecule has 2 heterocycles. The van der Waals surface area contributed by atoms with E-state index in [4.69, 9.17) is 4.74 Å². The molecule has 166 valence electrons. The summed E-state index contributed by atoms with van der Waals surface area (Å²) in [5.41, 5.74) is 4.74. The molecule has 1 saturated carbocycles. The Morgan fingerprint density at radius 1 is 1.16 bits per heavy atom. The van der Waals surface area contributed by atoms with Gasteiger partial charge in [0, 0.05) is 48.9 Å². The van der Waals surface area contributed by atoms with Crippen LogP contribution >= 0.6 is 12.4 Å². The fraction of sp³-hybridized carbons (Fsp3) is 0.480. The highest BCUT2D eigenvalue weighted by atomic mass is 35.5. The summed E-state index contributed by atoms with van der Waals surface area (Å²) in [6.07, 6.45) is 3.26. The molecular weight excluding hydrogens is 410 g/mol. The first-order valence-corrected chi connectivity index (χ1v) is 11.1. The standard InChI is InChI=1S/C25H31N3O2.ClH/c1-15-9-10-21(24(27-15)16-7-5-4-6-8-16)26-14-17-11-22-19(13-23(17)30-3)18-12-20(18)25(29)28(22)2;/h4-8,11,13,15,18,20-21,24,26-27H,9-10,12,14H2,1-3H3;1H/t15-,18?,20-,21-,24-;/m0./s1. The van der Waals surface area contributed by atoms with Crippen LogP contribution in [0, 0.1) is 5.92 Å². The smallest absolute Gasteiger partial charge is 0.230 e. The van der Waals surface area contributed by atoms with E-state index < -0.39 is 0 Å². The highest BCUT2D eigenvalue weighted by Crippen LogP contribution is 2.56. The first-order chi connectivity index (χ1) is 14.6. The van der Waals surface area contributed by atoms with Crippen molar-refractivity contribution < 1.29 is 9.53 Å². The molecular formula is C25H32ClN3O2. The number of piperidine rings is 1. The monoisotopic (exact) mass is 441 g/mol. The molecule has 31 heavy (non-hydrogen) atoms. The summed E-state index contributed by atoms with van der Waals surface area (Å²) in [6, 6.07) is 16.2. The van der Waals surface area contributed by atoms with Crippen LogP contribution in [0.3, 0.4) is 0 Å². The Morgan fingerprint density at radius 3 is 2.68 bits per heavy atom. The molecule has 5 rings (SSSR count). The Kier molecular flexibility index (Phi) is 6.29. The van der Waals surface area contributed by atoms with Crippen molar-refractivity contribution in [3.05, 3.63) is 59.2 Å². The maximum atomic E-state index is 12.5. The van der Waals surface area contributed by atoms with Crippen LogP contribution in [0.25, 0.3) is 0 Å². The molecule has 2 aromatic rings. The number of rotatable bonds is 5. The summed E-state index contributed by atoms with van der Waals surface area (Å²) in [6.45, 7) is 2.98. The molecule has 1 saturated heterocycles. The summed E-state index contributed by atoms with van der Waals surface area (Å²) in [7, 11) is 3.64. The first-order valence-electron chi connectivity index (χ1n) is 11.1. The van der Waals surface area contributed by atoms with Gasteiger partial charge in [-0.15, -0.1) is 12.4 Å². The van der Waals surface area contributed by atoms with Crippen LogP contribution in [-0.4, -0.2) is 32.1 Å². The molecule has 5 atom stereocenters. The highest BCUT2D eigenvalue weighted by Gasteiger charge is 2.50. The Balaban J connectivity index is 0.00000231. The Morgan fingerprint density at radius 2 is 1.94 bits per heavy atom. The van der Waals surface area contributed by atoms with Crippen molar-refractivity contribution in [2.45, 2.75) is 56.8 Å². The molecule has 2 fully saturated rings. The molecule has 2 N–H and O–H groups in total. The summed E-state index contributed by atoms with van der Waals surface area (Å²) in [5.74, 6) is 1.73. The van der Waals surface area contributed by atoms with Crippen molar-refractivity contribution in [3.8, 4) is 5.75 Å². The number of nitrogens with one attached hydrogen (secondary N) is 2. The van der Waals surface area contributed by atoms with E-state index in [9.17, 15) is 4.79 Å². The van der Waals surface area contributed by atoms with Gasteiger partial charge in [-0.25, -0.2) is 0 Å². The number of methoxy groups -OCH3 is 1. The minimum absolute atomic E-state index is 0. The van der Waals surface area contributed by atoms with Crippen LogP contribution in [0.2, 0.25) is 0 Å². The number of amides is 1. The van der Waals surface area contributed by atoms with Gasteiger partial charge in [-0.1, -0.05) is 30.3 Å². The van der Waals surface area contributed by atoms with Crippen LogP contribution in [-0.2, 0) is 11.3 Å². The third-order valence-corrected chi connectivity index (χ3v) is 7.12. The molecule has 0 aromatic heterocycles. The summed E-state index contributed by atoms with van der Waals surface area (Å²) < 4.78 is 5.75. The molecule has 0 bridgehead atoms. The van der Waals surface area contributed by atoms with Crippen molar-refractivity contribution in [3.63, 3.8) is 0 Å². The number of hydrogen-bond acceptors (Lipinski definition) is 4. The molecule has 1 unspecified atom stereocenters. The SMILES string of the molecule is COc1cc2c(cc1CN[C@H]1CC[C@H](C)N[C@H]1c1ccccc1)N(C)C(=O)[C@H]1CC21.Cl. The van der Waals surface area contributed by atoms with Gasteiger partial charge in [0.15, 0.2) is 0 Å². The molecule has 5 nitrogen and oxygen atoms in total. The van der Waals surface area contributed by atoms with Crippen molar-refractivity contribution in [1.82, 2.24) is 10.6 Å². The quantitative estimate of drug-likeness (QED) is 0.731. The number of carbonyl (C=O) groups is 1. The highest BCUT2D eigenvalue weighted by molar-refractivity contribution is 6.01. The van der Waals surface area contributed by atoms with E-state index >= 15 is 0 Å². The van der Waals surface area contributed by atoms with E-state index in [2.05, 4.69) is 60.0 Å². The summed E-state index contributed by atoms with van der Waals surface area (Å²) in [4.78, 5) is 14.3. The lowest BCUT2D eigenvalue weighted by Crippen LogP contribution is -2.49. The Labute approximate surface area is 191 Å². The van der Waals surface area contributed by atoms with E-state index in [1.54, 1.807) is 7.11 Å². The third kappa shape index (κ3) is 4.07. The number of hydrogen-bond donors (Lipinski definition) is 2. The number of anilines is 1. The number of halogens is 1. The van der Waals surface area contributed by atoms with E-state index in [-0.39, 0.29) is 30.3 Å². The summed E-state index contributed by atoms with van der Waals surface area (Å²) >= 11 is 0. The van der Waals surface area contributed by atoms with Crippen LogP contribution < -0.4 is 20.3 Å². The third-order valence-electron chi connectivity index (χ3n) is 7.12. The average molecular weight is 442 g/mol. The second-order valence-electron chi connectivity index (χ2n) is 9.09. The van der Waals surface area contributed by atoms with Gasteiger partial charge in [0.25, 0.3) is 0 Å². The van der Waals surface area contributed by atoms with Crippen molar-refractivity contribution in [1.29, 1.82) is 0 Å². The van der Waals surface area contributed by atoms with Gasteiger partial charge in [0.2, 0.25) is 5.91 Å². The lowest BCUT2D eigenvalue weighted by Gasteiger charge is -2.37. The van der Waals surface area contributed by atoms with Crippen molar-refractivity contribution in [2.75, 3.05) is 19.1 Å². The first kappa shape index (κ1) is 22.1. The van der Waals surface area contributed by atoms with Gasteiger partial charge < -0.3 is 20.3 Å². The number of nitrogens with zero attached hydrogens (tertiary/aromatic N) is 1. The van der Waals surface area contributed by atoms with Crippen LogP contribution in [0.4, 0.5) is 5.69 Å². The zero-order valence-corrected chi connectivity index (χ0v) is 19.2. The van der Waals surface area contributed by atoms with Gasteiger partial charge in [-0.3, -0.25) is 4.79 Å². The number of benzene rings is 2. The molecule has 6 heteroatoms. The number of carbonyl (C=O) groups excluding carboxylic acids is 1. The van der Waals surface area contributed by atoms with Gasteiger partial charge in [0.1, 0.15) is 5.75 Å².